The highest BCUT2D eigenvalue weighted by Crippen LogP contribution is 2.35. The molecule has 9 heteroatoms. The topological polar surface area (TPSA) is 135 Å². The molecule has 28 heavy (non-hydrogen) atoms. The molecular formula is C19H17N5O4. The number of carbonyl (C=O) groups excluding carboxylic acids is 2. The molecule has 0 saturated carbocycles. The van der Waals surface area contributed by atoms with Gasteiger partial charge in [-0.1, -0.05) is 11.2 Å². The van der Waals surface area contributed by atoms with E-state index in [0.29, 0.717) is 29.2 Å². The van der Waals surface area contributed by atoms with E-state index in [9.17, 15) is 14.7 Å². The average Bonchev–Trinajstić information content (AvgIpc) is 3.31. The maximum atomic E-state index is 12.2. The van der Waals surface area contributed by atoms with Gasteiger partial charge in [-0.2, -0.15) is 0 Å². The van der Waals surface area contributed by atoms with E-state index in [0.717, 1.165) is 0 Å². The van der Waals surface area contributed by atoms with E-state index in [2.05, 4.69) is 15.1 Å². The molecule has 3 N–H and O–H groups in total. The molecule has 0 spiro atoms. The van der Waals surface area contributed by atoms with Gasteiger partial charge in [0, 0.05) is 37.8 Å². The molecule has 0 radical (unpaired) electrons. The van der Waals surface area contributed by atoms with Gasteiger partial charge in [-0.15, -0.1) is 0 Å². The quantitative estimate of drug-likeness (QED) is 0.689. The van der Waals surface area contributed by atoms with E-state index in [4.69, 9.17) is 10.3 Å². The lowest BCUT2D eigenvalue weighted by atomic mass is 9.98. The number of carbonyl (C=O) groups is 2. The Bertz CT molecular complexity index is 1080. The van der Waals surface area contributed by atoms with Gasteiger partial charge >= 0.3 is 0 Å². The normalized spacial score (nSPS) is 19.2. The first-order valence-electron chi connectivity index (χ1n) is 8.57. The summed E-state index contributed by atoms with van der Waals surface area (Å²) in [6, 6.07) is 9.89. The summed E-state index contributed by atoms with van der Waals surface area (Å²) in [6.45, 7) is 0.437. The van der Waals surface area contributed by atoms with Crippen molar-refractivity contribution < 1.29 is 19.2 Å². The fraction of sp³-hybridized carbons (Fsp3) is 0.211. The number of aliphatic hydroxyl groups is 1. The molecule has 4 heterocycles. The molecule has 1 atom stereocenters. The van der Waals surface area contributed by atoms with Crippen LogP contribution in [0.15, 0.2) is 47.1 Å². The van der Waals surface area contributed by atoms with Crippen LogP contribution in [0.4, 0.5) is 0 Å². The smallest absolute Gasteiger partial charge is 0.267 e. The number of rotatable bonds is 4. The van der Waals surface area contributed by atoms with Gasteiger partial charge < -0.3 is 20.3 Å². The van der Waals surface area contributed by atoms with Crippen molar-refractivity contribution >= 4 is 11.8 Å². The third-order valence-corrected chi connectivity index (χ3v) is 4.75. The van der Waals surface area contributed by atoms with Crippen LogP contribution in [0.2, 0.25) is 0 Å². The van der Waals surface area contributed by atoms with Gasteiger partial charge in [0.15, 0.2) is 5.76 Å². The highest BCUT2D eigenvalue weighted by atomic mass is 16.5. The third-order valence-electron chi connectivity index (χ3n) is 4.75. The Morgan fingerprint density at radius 3 is 2.79 bits per heavy atom. The minimum absolute atomic E-state index is 0.101. The van der Waals surface area contributed by atoms with Crippen molar-refractivity contribution in [2.24, 2.45) is 5.73 Å². The molecule has 0 aliphatic carbocycles. The number of likely N-dealkylation sites (N-methyl/N-ethyl adjacent to an activating group) is 1. The van der Waals surface area contributed by atoms with E-state index in [-0.39, 0.29) is 17.9 Å². The first kappa shape index (κ1) is 17.8. The number of amides is 2. The van der Waals surface area contributed by atoms with Crippen LogP contribution in [0, 0.1) is 0 Å². The van der Waals surface area contributed by atoms with Crippen LogP contribution >= 0.6 is 0 Å². The predicted octanol–water partition coefficient (Wildman–Crippen LogP) is 0.947. The Kier molecular flexibility index (Phi) is 4.16. The number of nitrogens with two attached hydrogens (primary N) is 1. The number of pyridine rings is 2. The average molecular weight is 379 g/mol. The summed E-state index contributed by atoms with van der Waals surface area (Å²) in [6.07, 6.45) is 1.81. The molecule has 1 aliphatic heterocycles. The molecular weight excluding hydrogens is 362 g/mol. The van der Waals surface area contributed by atoms with Crippen molar-refractivity contribution in [2.75, 3.05) is 13.6 Å². The number of likely N-dealkylation sites (tertiary alicyclic amines) is 1. The first-order valence-corrected chi connectivity index (χ1v) is 8.57. The van der Waals surface area contributed by atoms with Crippen molar-refractivity contribution in [1.82, 2.24) is 20.0 Å². The van der Waals surface area contributed by atoms with Crippen LogP contribution in [0.1, 0.15) is 22.7 Å². The second kappa shape index (κ2) is 6.54. The van der Waals surface area contributed by atoms with Crippen LogP contribution in [-0.2, 0) is 10.4 Å². The van der Waals surface area contributed by atoms with Crippen LogP contribution in [0.3, 0.4) is 0 Å². The van der Waals surface area contributed by atoms with Gasteiger partial charge in [0.1, 0.15) is 11.4 Å². The number of hydrogen-bond donors (Lipinski definition) is 2. The summed E-state index contributed by atoms with van der Waals surface area (Å²) < 4.78 is 5.28. The molecule has 2 amide bonds. The van der Waals surface area contributed by atoms with E-state index >= 15 is 0 Å². The maximum absolute atomic E-state index is 12.2. The third kappa shape index (κ3) is 2.91. The number of aromatic nitrogens is 3. The van der Waals surface area contributed by atoms with Crippen molar-refractivity contribution in [1.29, 1.82) is 0 Å². The van der Waals surface area contributed by atoms with Crippen molar-refractivity contribution in [3.63, 3.8) is 0 Å². The highest BCUT2D eigenvalue weighted by molar-refractivity contribution is 5.91. The molecule has 142 valence electrons. The number of primary amides is 1. The summed E-state index contributed by atoms with van der Waals surface area (Å²) >= 11 is 0. The molecule has 1 fully saturated rings. The molecule has 0 unspecified atom stereocenters. The minimum atomic E-state index is -1.70. The highest BCUT2D eigenvalue weighted by Gasteiger charge is 2.48. The van der Waals surface area contributed by atoms with Gasteiger partial charge in [-0.25, -0.2) is 4.98 Å². The fourth-order valence-corrected chi connectivity index (χ4v) is 3.13. The minimum Gasteiger partial charge on any atom is -0.373 e. The zero-order valence-corrected chi connectivity index (χ0v) is 15.0. The zero-order chi connectivity index (χ0) is 19.9. The molecule has 1 saturated heterocycles. The van der Waals surface area contributed by atoms with Crippen LogP contribution in [-0.4, -0.2) is 50.5 Å². The van der Waals surface area contributed by atoms with Gasteiger partial charge in [0.25, 0.3) is 11.8 Å². The van der Waals surface area contributed by atoms with Crippen molar-refractivity contribution in [3.8, 4) is 22.6 Å². The van der Waals surface area contributed by atoms with E-state index in [1.807, 2.05) is 0 Å². The Hall–Kier alpha value is -3.59. The van der Waals surface area contributed by atoms with E-state index in [1.165, 1.54) is 11.0 Å². The van der Waals surface area contributed by atoms with E-state index < -0.39 is 17.4 Å². The van der Waals surface area contributed by atoms with Gasteiger partial charge in [-0.3, -0.25) is 14.6 Å². The zero-order valence-electron chi connectivity index (χ0n) is 15.0. The second-order valence-corrected chi connectivity index (χ2v) is 6.62. The van der Waals surface area contributed by atoms with Crippen LogP contribution in [0.25, 0.3) is 22.6 Å². The standard InChI is InChI=1S/C19H17N5O4/c1-24-8-6-19(27,18(24)26)16-10-14(23-28-16)11-5-7-21-15(9-11)12-3-2-4-13(22-12)17(20)25/h2-5,7,9-10,27H,6,8H2,1H3,(H2,20,25)/t19-/m1/s1. The van der Waals surface area contributed by atoms with Crippen molar-refractivity contribution in [2.45, 2.75) is 12.0 Å². The predicted molar refractivity (Wildman–Crippen MR) is 97.6 cm³/mol. The second-order valence-electron chi connectivity index (χ2n) is 6.62. The number of hydrogen-bond acceptors (Lipinski definition) is 7. The van der Waals surface area contributed by atoms with E-state index in [1.54, 1.807) is 43.6 Å². The largest absolute Gasteiger partial charge is 0.373 e. The first-order chi connectivity index (χ1) is 13.4. The van der Waals surface area contributed by atoms with Crippen LogP contribution < -0.4 is 5.73 Å². The summed E-state index contributed by atoms with van der Waals surface area (Å²) in [5.74, 6) is -0.944. The molecule has 0 aromatic carbocycles. The van der Waals surface area contributed by atoms with Gasteiger partial charge in [-0.05, 0) is 24.3 Å². The molecule has 4 rings (SSSR count). The lowest BCUT2D eigenvalue weighted by Gasteiger charge is -2.16. The van der Waals surface area contributed by atoms with Crippen molar-refractivity contribution in [3.05, 3.63) is 54.0 Å². The molecule has 0 bridgehead atoms. The molecule has 9 nitrogen and oxygen atoms in total. The summed E-state index contributed by atoms with van der Waals surface area (Å²) in [5.41, 5.74) is 5.82. The summed E-state index contributed by atoms with van der Waals surface area (Å²) in [4.78, 5) is 33.5. The molecule has 3 aromatic heterocycles. The SMILES string of the molecule is CN1CC[C@@](O)(c2cc(-c3ccnc(-c4cccc(C(N)=O)n4)c3)no2)C1=O. The Morgan fingerprint density at radius 1 is 1.25 bits per heavy atom. The fourth-order valence-electron chi connectivity index (χ4n) is 3.13. The lowest BCUT2D eigenvalue weighted by Crippen LogP contribution is -2.35. The monoisotopic (exact) mass is 379 g/mol. The molecule has 3 aromatic rings. The Labute approximate surface area is 159 Å². The Balaban J connectivity index is 1.68. The van der Waals surface area contributed by atoms with Gasteiger partial charge in [0.05, 0.1) is 11.4 Å². The number of nitrogens with zero attached hydrogens (tertiary/aromatic N) is 4. The Morgan fingerprint density at radius 2 is 2.07 bits per heavy atom. The summed E-state index contributed by atoms with van der Waals surface area (Å²) in [5, 5.41) is 14.7. The van der Waals surface area contributed by atoms with Gasteiger partial charge in [0.2, 0.25) is 5.60 Å². The maximum Gasteiger partial charge on any atom is 0.267 e. The molecule has 1 aliphatic rings. The lowest BCUT2D eigenvalue weighted by molar-refractivity contribution is -0.144. The van der Waals surface area contributed by atoms with Crippen LogP contribution in [0.5, 0.6) is 0 Å². The summed E-state index contributed by atoms with van der Waals surface area (Å²) in [7, 11) is 1.62.